The van der Waals surface area contributed by atoms with Crippen molar-refractivity contribution in [3.05, 3.63) is 87.8 Å². The number of benzene rings is 2. The molecule has 5 nitrogen and oxygen atoms in total. The van der Waals surface area contributed by atoms with Gasteiger partial charge in [-0.15, -0.1) is 11.8 Å². The third kappa shape index (κ3) is 4.43. The number of hydrogen-bond donors (Lipinski definition) is 1. The summed E-state index contributed by atoms with van der Waals surface area (Å²) in [5, 5.41) is 10.9. The molecular formula is C26H31N3O2S. The van der Waals surface area contributed by atoms with Gasteiger partial charge in [0.25, 0.3) is 5.56 Å². The smallest absolute Gasteiger partial charge is 0.259 e. The van der Waals surface area contributed by atoms with Crippen molar-refractivity contribution in [2.45, 2.75) is 31.3 Å². The minimum atomic E-state index is -0.283. The van der Waals surface area contributed by atoms with E-state index in [1.54, 1.807) is 22.4 Å². The largest absolute Gasteiger partial charge is 0.507 e. The van der Waals surface area contributed by atoms with Crippen LogP contribution in [0.25, 0.3) is 0 Å². The van der Waals surface area contributed by atoms with Crippen LogP contribution < -0.4 is 10.5 Å². The number of aromatic nitrogens is 1. The van der Waals surface area contributed by atoms with E-state index in [-0.39, 0.29) is 17.4 Å². The Morgan fingerprint density at radius 1 is 1.00 bits per heavy atom. The van der Waals surface area contributed by atoms with Crippen molar-refractivity contribution in [3.8, 4) is 5.75 Å². The van der Waals surface area contributed by atoms with Gasteiger partial charge in [-0.25, -0.2) is 0 Å². The van der Waals surface area contributed by atoms with Gasteiger partial charge in [0, 0.05) is 49.0 Å². The molecule has 0 amide bonds. The predicted octanol–water partition coefficient (Wildman–Crippen LogP) is 4.52. The fraction of sp³-hybridized carbons (Fsp3) is 0.346. The normalized spacial score (nSPS) is 15.7. The molecule has 1 N–H and O–H groups in total. The third-order valence-electron chi connectivity index (χ3n) is 6.34. The molecule has 1 aromatic heterocycles. The summed E-state index contributed by atoms with van der Waals surface area (Å²) in [5.74, 6) is 0.0848. The van der Waals surface area contributed by atoms with Crippen LogP contribution >= 0.6 is 11.8 Å². The van der Waals surface area contributed by atoms with Crippen molar-refractivity contribution in [3.63, 3.8) is 0 Å². The van der Waals surface area contributed by atoms with Gasteiger partial charge in [0.1, 0.15) is 5.75 Å². The standard InChI is InChI=1S/C26H31N3O2S/c1-4-29-19(2)18-23(30)24(26(29)31)25(20-10-12-22(32-3)13-11-20)28-16-14-27(15-17-28)21-8-6-5-7-9-21/h5-13,18,25,30H,4,14-17H2,1-3H3/t25-/m1/s1. The van der Waals surface area contributed by atoms with E-state index in [9.17, 15) is 9.90 Å². The predicted molar refractivity (Wildman–Crippen MR) is 133 cm³/mol. The molecule has 0 unspecified atom stereocenters. The van der Waals surface area contributed by atoms with Gasteiger partial charge >= 0.3 is 0 Å². The van der Waals surface area contributed by atoms with Gasteiger partial charge in [0.05, 0.1) is 11.6 Å². The minimum Gasteiger partial charge on any atom is -0.507 e. The molecular weight excluding hydrogens is 418 g/mol. The average molecular weight is 450 g/mol. The Balaban J connectivity index is 1.72. The zero-order chi connectivity index (χ0) is 22.7. The molecule has 1 atom stereocenters. The first kappa shape index (κ1) is 22.5. The van der Waals surface area contributed by atoms with E-state index >= 15 is 0 Å². The van der Waals surface area contributed by atoms with Crippen LogP contribution in [0.5, 0.6) is 5.75 Å². The number of hydrogen-bond acceptors (Lipinski definition) is 5. The second-order valence-electron chi connectivity index (χ2n) is 8.17. The fourth-order valence-electron chi connectivity index (χ4n) is 4.64. The first-order chi connectivity index (χ1) is 15.5. The Bertz CT molecular complexity index is 1100. The van der Waals surface area contributed by atoms with Gasteiger partial charge in [0.2, 0.25) is 0 Å². The lowest BCUT2D eigenvalue weighted by Crippen LogP contribution is -2.49. The van der Waals surface area contributed by atoms with Crippen molar-refractivity contribution >= 4 is 17.4 Å². The molecule has 0 radical (unpaired) electrons. The number of pyridine rings is 1. The number of aryl methyl sites for hydroxylation is 1. The van der Waals surface area contributed by atoms with E-state index in [1.165, 1.54) is 10.6 Å². The van der Waals surface area contributed by atoms with Crippen LogP contribution in [-0.2, 0) is 6.54 Å². The first-order valence-electron chi connectivity index (χ1n) is 11.1. The van der Waals surface area contributed by atoms with Crippen LogP contribution in [0, 0.1) is 6.92 Å². The summed E-state index contributed by atoms with van der Waals surface area (Å²) in [6.45, 7) is 7.78. The number of anilines is 1. The average Bonchev–Trinajstić information content (AvgIpc) is 2.83. The number of piperazine rings is 1. The topological polar surface area (TPSA) is 48.7 Å². The second kappa shape index (κ2) is 9.84. The summed E-state index contributed by atoms with van der Waals surface area (Å²) in [5.41, 5.74) is 3.41. The highest BCUT2D eigenvalue weighted by molar-refractivity contribution is 7.98. The van der Waals surface area contributed by atoms with Crippen LogP contribution in [0.1, 0.15) is 29.8 Å². The molecule has 0 aliphatic carbocycles. The maximum absolute atomic E-state index is 13.5. The van der Waals surface area contributed by atoms with Crippen LogP contribution in [0.15, 0.2) is 70.4 Å². The molecule has 6 heteroatoms. The second-order valence-corrected chi connectivity index (χ2v) is 9.05. The molecule has 0 spiro atoms. The van der Waals surface area contributed by atoms with Crippen molar-refractivity contribution in [2.75, 3.05) is 37.3 Å². The van der Waals surface area contributed by atoms with Gasteiger partial charge in [-0.1, -0.05) is 30.3 Å². The summed E-state index contributed by atoms with van der Waals surface area (Å²) in [6.07, 6.45) is 2.06. The van der Waals surface area contributed by atoms with Crippen molar-refractivity contribution in [1.82, 2.24) is 9.47 Å². The Labute approximate surface area is 194 Å². The molecule has 32 heavy (non-hydrogen) atoms. The Hall–Kier alpha value is -2.70. The lowest BCUT2D eigenvalue weighted by atomic mass is 9.96. The number of aromatic hydroxyl groups is 1. The molecule has 4 rings (SSSR count). The molecule has 1 saturated heterocycles. The molecule has 0 saturated carbocycles. The zero-order valence-electron chi connectivity index (χ0n) is 19.0. The van der Waals surface area contributed by atoms with Crippen LogP contribution in [0.3, 0.4) is 0 Å². The molecule has 2 aromatic carbocycles. The van der Waals surface area contributed by atoms with Crippen LogP contribution in [0.2, 0.25) is 0 Å². The van der Waals surface area contributed by atoms with Crippen LogP contribution in [-0.4, -0.2) is 47.0 Å². The molecule has 168 valence electrons. The maximum atomic E-state index is 13.5. The highest BCUT2D eigenvalue weighted by atomic mass is 32.2. The Kier molecular flexibility index (Phi) is 6.92. The zero-order valence-corrected chi connectivity index (χ0v) is 19.8. The highest BCUT2D eigenvalue weighted by Gasteiger charge is 2.31. The Morgan fingerprint density at radius 3 is 2.25 bits per heavy atom. The van der Waals surface area contributed by atoms with Gasteiger partial charge in [0.15, 0.2) is 0 Å². The van der Waals surface area contributed by atoms with Gasteiger partial charge < -0.3 is 14.6 Å². The van der Waals surface area contributed by atoms with Gasteiger partial charge in [-0.2, -0.15) is 0 Å². The fourth-order valence-corrected chi connectivity index (χ4v) is 5.05. The maximum Gasteiger partial charge on any atom is 0.259 e. The SMILES string of the molecule is CCn1c(C)cc(O)c([C@@H](c2ccc(SC)cc2)N2CCN(c3ccccc3)CC2)c1=O. The Morgan fingerprint density at radius 2 is 1.66 bits per heavy atom. The van der Waals surface area contributed by atoms with E-state index in [4.69, 9.17) is 0 Å². The monoisotopic (exact) mass is 449 g/mol. The number of nitrogens with zero attached hydrogens (tertiary/aromatic N) is 3. The molecule has 1 aliphatic heterocycles. The summed E-state index contributed by atoms with van der Waals surface area (Å²) in [4.78, 5) is 19.4. The molecule has 3 aromatic rings. The third-order valence-corrected chi connectivity index (χ3v) is 7.09. The molecule has 1 fully saturated rings. The lowest BCUT2D eigenvalue weighted by Gasteiger charge is -2.40. The van der Waals surface area contributed by atoms with E-state index in [1.807, 2.05) is 19.9 Å². The minimum absolute atomic E-state index is 0.0848. The first-order valence-corrected chi connectivity index (χ1v) is 12.4. The van der Waals surface area contributed by atoms with E-state index in [0.717, 1.165) is 37.4 Å². The summed E-state index contributed by atoms with van der Waals surface area (Å²) in [7, 11) is 0. The number of rotatable bonds is 6. The molecule has 1 aliphatic rings. The number of para-hydroxylation sites is 1. The summed E-state index contributed by atoms with van der Waals surface area (Å²) >= 11 is 1.70. The van der Waals surface area contributed by atoms with E-state index in [0.29, 0.717) is 12.1 Å². The van der Waals surface area contributed by atoms with Crippen molar-refractivity contribution in [2.24, 2.45) is 0 Å². The van der Waals surface area contributed by atoms with Crippen LogP contribution in [0.4, 0.5) is 5.69 Å². The highest BCUT2D eigenvalue weighted by Crippen LogP contribution is 2.34. The molecule has 0 bridgehead atoms. The number of thioether (sulfide) groups is 1. The van der Waals surface area contributed by atoms with E-state index < -0.39 is 0 Å². The van der Waals surface area contributed by atoms with Gasteiger partial charge in [-0.05, 0) is 56.0 Å². The lowest BCUT2D eigenvalue weighted by molar-refractivity contribution is 0.207. The van der Waals surface area contributed by atoms with Crippen molar-refractivity contribution in [1.29, 1.82) is 0 Å². The van der Waals surface area contributed by atoms with Crippen molar-refractivity contribution < 1.29 is 5.11 Å². The quantitative estimate of drug-likeness (QED) is 0.561. The summed E-state index contributed by atoms with van der Waals surface area (Å²) in [6, 6.07) is 20.3. The van der Waals surface area contributed by atoms with Gasteiger partial charge in [-0.3, -0.25) is 9.69 Å². The van der Waals surface area contributed by atoms with E-state index in [2.05, 4.69) is 64.6 Å². The summed E-state index contributed by atoms with van der Waals surface area (Å²) < 4.78 is 1.75. The molecule has 2 heterocycles.